The van der Waals surface area contributed by atoms with Gasteiger partial charge in [0, 0.05) is 32.5 Å². The van der Waals surface area contributed by atoms with Crippen LogP contribution in [0, 0.1) is 12.3 Å². The highest BCUT2D eigenvalue weighted by Crippen LogP contribution is 2.28. The molecule has 1 unspecified atom stereocenters. The third-order valence-electron chi connectivity index (χ3n) is 7.19. The lowest BCUT2D eigenvalue weighted by Crippen LogP contribution is -2.57. The number of aliphatic hydroxyl groups is 1. The zero-order valence-corrected chi connectivity index (χ0v) is 27.0. The van der Waals surface area contributed by atoms with Gasteiger partial charge in [0.05, 0.1) is 61.8 Å². The number of amides is 3. The van der Waals surface area contributed by atoms with Crippen molar-refractivity contribution in [2.45, 2.75) is 65.3 Å². The van der Waals surface area contributed by atoms with Gasteiger partial charge in [0.25, 0.3) is 0 Å². The first-order valence-electron chi connectivity index (χ1n) is 15.0. The van der Waals surface area contributed by atoms with E-state index in [1.54, 1.807) is 11.3 Å². The molecule has 13 heteroatoms. The molecule has 1 fully saturated rings. The number of aryl methyl sites for hydroxylation is 1. The Balaban J connectivity index is 1.49. The second-order valence-electron chi connectivity index (χ2n) is 11.8. The van der Waals surface area contributed by atoms with Crippen molar-refractivity contribution < 1.29 is 33.7 Å². The lowest BCUT2D eigenvalue weighted by Gasteiger charge is -2.35. The molecule has 244 valence electrons. The lowest BCUT2D eigenvalue weighted by atomic mass is 9.85. The molecule has 0 aliphatic carbocycles. The summed E-state index contributed by atoms with van der Waals surface area (Å²) in [5, 5.41) is 16.2. The molecule has 3 rings (SSSR count). The van der Waals surface area contributed by atoms with Gasteiger partial charge in [0.1, 0.15) is 12.1 Å². The van der Waals surface area contributed by atoms with Crippen molar-refractivity contribution in [2.75, 3.05) is 52.7 Å². The number of carbonyl (C=O) groups excluding carboxylic acids is 3. The Morgan fingerprint density at radius 3 is 2.30 bits per heavy atom. The fourth-order valence-electron chi connectivity index (χ4n) is 4.80. The predicted molar refractivity (Wildman–Crippen MR) is 168 cm³/mol. The van der Waals surface area contributed by atoms with Gasteiger partial charge in [0.2, 0.25) is 17.7 Å². The number of nitrogens with two attached hydrogens (primary N) is 1. The highest BCUT2D eigenvalue weighted by Gasteiger charge is 2.44. The van der Waals surface area contributed by atoms with Gasteiger partial charge >= 0.3 is 0 Å². The van der Waals surface area contributed by atoms with E-state index in [0.29, 0.717) is 39.6 Å². The summed E-state index contributed by atoms with van der Waals surface area (Å²) in [7, 11) is 0. The minimum Gasteiger partial charge on any atom is -0.391 e. The average Bonchev–Trinajstić information content (AvgIpc) is 3.60. The molecule has 0 saturated carbocycles. The van der Waals surface area contributed by atoms with Gasteiger partial charge in [-0.1, -0.05) is 45.0 Å². The Kier molecular flexibility index (Phi) is 14.2. The number of carbonyl (C=O) groups is 3. The monoisotopic (exact) mass is 633 g/mol. The largest absolute Gasteiger partial charge is 0.391 e. The number of aromatic nitrogens is 1. The summed E-state index contributed by atoms with van der Waals surface area (Å²) in [6, 6.07) is 6.14. The van der Waals surface area contributed by atoms with Crippen LogP contribution in [-0.2, 0) is 35.1 Å². The van der Waals surface area contributed by atoms with Crippen LogP contribution in [0.15, 0.2) is 29.8 Å². The van der Waals surface area contributed by atoms with Gasteiger partial charge in [0.15, 0.2) is 0 Å². The molecule has 1 saturated heterocycles. The van der Waals surface area contributed by atoms with Crippen molar-refractivity contribution in [2.24, 2.45) is 11.1 Å². The van der Waals surface area contributed by atoms with Crippen LogP contribution in [0.2, 0.25) is 0 Å². The maximum atomic E-state index is 13.7. The summed E-state index contributed by atoms with van der Waals surface area (Å²) < 4.78 is 16.1. The molecule has 0 radical (unpaired) electrons. The van der Waals surface area contributed by atoms with Gasteiger partial charge in [-0.2, -0.15) is 0 Å². The molecule has 1 aliphatic rings. The smallest absolute Gasteiger partial charge is 0.246 e. The molecule has 2 heterocycles. The van der Waals surface area contributed by atoms with Gasteiger partial charge in [-0.05, 0) is 23.5 Å². The average molecular weight is 634 g/mol. The van der Waals surface area contributed by atoms with Crippen molar-refractivity contribution in [3.8, 4) is 10.4 Å². The molecule has 0 spiro atoms. The topological polar surface area (TPSA) is 165 Å². The number of likely N-dealkylation sites (tertiary alicyclic amines) is 1. The molecule has 5 N–H and O–H groups in total. The summed E-state index contributed by atoms with van der Waals surface area (Å²) in [4.78, 5) is 46.5. The van der Waals surface area contributed by atoms with Crippen LogP contribution in [0.25, 0.3) is 10.4 Å². The molecular weight excluding hydrogens is 586 g/mol. The molecular formula is C31H47N5O7S. The first kappa shape index (κ1) is 35.5. The van der Waals surface area contributed by atoms with E-state index in [-0.39, 0.29) is 44.4 Å². The summed E-state index contributed by atoms with van der Waals surface area (Å²) >= 11 is 1.58. The summed E-state index contributed by atoms with van der Waals surface area (Å²) in [6.07, 6.45) is -0.648. The third-order valence-corrected chi connectivity index (χ3v) is 8.17. The fourth-order valence-corrected chi connectivity index (χ4v) is 5.62. The molecule has 12 nitrogen and oxygen atoms in total. The lowest BCUT2D eigenvalue weighted by molar-refractivity contribution is -0.144. The Morgan fingerprint density at radius 2 is 1.70 bits per heavy atom. The minimum absolute atomic E-state index is 0.0165. The van der Waals surface area contributed by atoms with Crippen molar-refractivity contribution in [3.05, 3.63) is 41.0 Å². The van der Waals surface area contributed by atoms with Gasteiger partial charge in [-0.15, -0.1) is 11.3 Å². The molecule has 2 aromatic rings. The standard InChI is InChI=1S/C31H47N5O7S/c1-21-27(44-20-34-21)23-7-5-22(6-8-23)18-33-29(39)25-17-24(37)19-36(25)30(40)28(31(2,3)4)35-26(38)9-11-41-13-15-43-16-14-42-12-10-32/h5-8,20,24-25,28,37H,9-19,32H2,1-4H3,(H,33,39)(H,35,38)/t24-,25+,28?/m1/s1. The normalized spacial score (nSPS) is 17.5. The summed E-state index contributed by atoms with van der Waals surface area (Å²) in [6.45, 7) is 10.5. The number of hydrogen-bond donors (Lipinski definition) is 4. The van der Waals surface area contributed by atoms with Gasteiger partial charge < -0.3 is 40.6 Å². The zero-order valence-electron chi connectivity index (χ0n) is 26.2. The molecule has 1 aromatic heterocycles. The zero-order chi connectivity index (χ0) is 32.1. The minimum atomic E-state index is -0.893. The number of β-amino-alcohol motifs (C(OH)–C–C–N with tert-alkyl or cyclic N) is 1. The number of hydrogen-bond acceptors (Lipinski definition) is 10. The van der Waals surface area contributed by atoms with Crippen molar-refractivity contribution in [1.29, 1.82) is 0 Å². The van der Waals surface area contributed by atoms with Crippen LogP contribution in [0.5, 0.6) is 0 Å². The van der Waals surface area contributed by atoms with E-state index in [9.17, 15) is 19.5 Å². The van der Waals surface area contributed by atoms with E-state index in [1.807, 2.05) is 57.5 Å². The Morgan fingerprint density at radius 1 is 1.07 bits per heavy atom. The van der Waals surface area contributed by atoms with E-state index in [4.69, 9.17) is 19.9 Å². The van der Waals surface area contributed by atoms with Crippen molar-refractivity contribution in [3.63, 3.8) is 0 Å². The van der Waals surface area contributed by atoms with Crippen LogP contribution in [0.1, 0.15) is 44.9 Å². The molecule has 1 aliphatic heterocycles. The quantitative estimate of drug-likeness (QED) is 0.190. The van der Waals surface area contributed by atoms with Gasteiger partial charge in [-0.3, -0.25) is 14.4 Å². The number of benzene rings is 1. The number of ether oxygens (including phenoxy) is 3. The van der Waals surface area contributed by atoms with Crippen molar-refractivity contribution in [1.82, 2.24) is 20.5 Å². The van der Waals surface area contributed by atoms with Crippen LogP contribution in [-0.4, -0.2) is 104 Å². The number of nitrogens with zero attached hydrogens (tertiary/aromatic N) is 2. The SMILES string of the molecule is Cc1ncsc1-c1ccc(CNC(=O)[C@@H]2C[C@@H](O)CN2C(=O)C(NC(=O)CCOCCOCCOCCN)C(C)(C)C)cc1. The Bertz CT molecular complexity index is 1200. The molecule has 3 atom stereocenters. The fraction of sp³-hybridized carbons (Fsp3) is 0.613. The maximum Gasteiger partial charge on any atom is 0.246 e. The van der Waals surface area contributed by atoms with Crippen LogP contribution < -0.4 is 16.4 Å². The summed E-state index contributed by atoms with van der Waals surface area (Å²) in [5.41, 5.74) is 9.47. The van der Waals surface area contributed by atoms with Crippen LogP contribution in [0.3, 0.4) is 0 Å². The van der Waals surface area contributed by atoms with Gasteiger partial charge in [-0.25, -0.2) is 4.98 Å². The Labute approximate surface area is 263 Å². The van der Waals surface area contributed by atoms with Crippen LogP contribution in [0.4, 0.5) is 0 Å². The number of aliphatic hydroxyl groups excluding tert-OH is 1. The molecule has 0 bridgehead atoms. The van der Waals surface area contributed by atoms with Crippen molar-refractivity contribution >= 4 is 29.1 Å². The maximum absolute atomic E-state index is 13.7. The summed E-state index contributed by atoms with van der Waals surface area (Å²) in [5.74, 6) is -1.09. The number of thiazole rings is 1. The van der Waals surface area contributed by atoms with E-state index < -0.39 is 29.5 Å². The highest BCUT2D eigenvalue weighted by atomic mass is 32.1. The van der Waals surface area contributed by atoms with E-state index >= 15 is 0 Å². The molecule has 3 amide bonds. The van der Waals surface area contributed by atoms with E-state index in [2.05, 4.69) is 15.6 Å². The molecule has 44 heavy (non-hydrogen) atoms. The third kappa shape index (κ3) is 10.9. The predicted octanol–water partition coefficient (Wildman–Crippen LogP) is 1.63. The highest BCUT2D eigenvalue weighted by molar-refractivity contribution is 7.13. The van der Waals surface area contributed by atoms with E-state index in [0.717, 1.165) is 21.7 Å². The first-order valence-corrected chi connectivity index (χ1v) is 15.9. The Hall–Kier alpha value is -2.94. The molecule has 1 aromatic carbocycles. The number of nitrogens with one attached hydrogen (secondary N) is 2. The first-order chi connectivity index (χ1) is 21.0. The number of rotatable bonds is 17. The second kappa shape index (κ2) is 17.5. The van der Waals surface area contributed by atoms with Crippen LogP contribution >= 0.6 is 11.3 Å². The van der Waals surface area contributed by atoms with E-state index in [1.165, 1.54) is 4.90 Å². The second-order valence-corrected chi connectivity index (χ2v) is 12.7.